The average molecular weight is 273 g/mol. The van der Waals surface area contributed by atoms with Gasteiger partial charge in [0.1, 0.15) is 5.92 Å². The molecule has 0 unspecified atom stereocenters. The fraction of sp³-hybridized carbons (Fsp3) is 0.333. The minimum atomic E-state index is -0.985. The molecule has 0 saturated carbocycles. The predicted octanol–water partition coefficient (Wildman–Crippen LogP) is 0.957. The van der Waals surface area contributed by atoms with Crippen LogP contribution in [0.5, 0.6) is 0 Å². The standard InChI is InChI=1S/C15H15NO4/c17-14(16-8-9-4-2-1-3-5-9)12-10-6-7-11(20-10)13(12)15(18)19/h1-7,10-13H,8H2,(H,16,17)(H,18,19)/t10-,11+,12+,13+/m1/s1. The Morgan fingerprint density at radius 1 is 1.10 bits per heavy atom. The van der Waals surface area contributed by atoms with E-state index in [0.29, 0.717) is 6.54 Å². The molecular weight excluding hydrogens is 258 g/mol. The van der Waals surface area contributed by atoms with Gasteiger partial charge in [0.15, 0.2) is 0 Å². The van der Waals surface area contributed by atoms with Gasteiger partial charge in [0.05, 0.1) is 18.1 Å². The second-order valence-electron chi connectivity index (χ2n) is 5.04. The second kappa shape index (κ2) is 5.09. The lowest BCUT2D eigenvalue weighted by Gasteiger charge is -2.20. The molecule has 1 fully saturated rings. The van der Waals surface area contributed by atoms with Crippen LogP contribution in [-0.2, 0) is 20.9 Å². The summed E-state index contributed by atoms with van der Waals surface area (Å²) in [7, 11) is 0. The highest BCUT2D eigenvalue weighted by Crippen LogP contribution is 2.39. The molecule has 4 atom stereocenters. The minimum Gasteiger partial charge on any atom is -0.481 e. The number of hydrogen-bond acceptors (Lipinski definition) is 3. The number of nitrogens with one attached hydrogen (secondary N) is 1. The van der Waals surface area contributed by atoms with E-state index in [-0.39, 0.29) is 5.91 Å². The van der Waals surface area contributed by atoms with Crippen molar-refractivity contribution in [2.75, 3.05) is 0 Å². The van der Waals surface area contributed by atoms with Crippen molar-refractivity contribution < 1.29 is 19.4 Å². The Hall–Kier alpha value is -2.14. The van der Waals surface area contributed by atoms with Crippen LogP contribution in [0, 0.1) is 11.8 Å². The Bertz CT molecular complexity index is 554. The van der Waals surface area contributed by atoms with E-state index in [1.54, 1.807) is 12.2 Å². The predicted molar refractivity (Wildman–Crippen MR) is 70.7 cm³/mol. The molecule has 1 amide bonds. The summed E-state index contributed by atoms with van der Waals surface area (Å²) in [4.78, 5) is 23.5. The monoisotopic (exact) mass is 273 g/mol. The maximum Gasteiger partial charge on any atom is 0.310 e. The van der Waals surface area contributed by atoms with Gasteiger partial charge >= 0.3 is 5.97 Å². The number of benzene rings is 1. The van der Waals surface area contributed by atoms with Crippen molar-refractivity contribution in [3.8, 4) is 0 Å². The third-order valence-corrected chi connectivity index (χ3v) is 3.80. The Labute approximate surface area is 116 Å². The first kappa shape index (κ1) is 12.9. The molecule has 2 N–H and O–H groups in total. The van der Waals surface area contributed by atoms with E-state index in [0.717, 1.165) is 5.56 Å². The zero-order valence-corrected chi connectivity index (χ0v) is 10.7. The molecule has 20 heavy (non-hydrogen) atoms. The first-order valence-electron chi connectivity index (χ1n) is 6.55. The lowest BCUT2D eigenvalue weighted by atomic mass is 9.82. The van der Waals surface area contributed by atoms with E-state index in [4.69, 9.17) is 4.74 Å². The first-order chi connectivity index (χ1) is 9.66. The van der Waals surface area contributed by atoms with Crippen LogP contribution in [0.2, 0.25) is 0 Å². The number of carbonyl (C=O) groups is 2. The third kappa shape index (κ3) is 2.20. The second-order valence-corrected chi connectivity index (χ2v) is 5.04. The van der Waals surface area contributed by atoms with Crippen LogP contribution in [0.4, 0.5) is 0 Å². The normalized spacial score (nSPS) is 30.4. The first-order valence-corrected chi connectivity index (χ1v) is 6.55. The van der Waals surface area contributed by atoms with Crippen LogP contribution in [0.1, 0.15) is 5.56 Å². The van der Waals surface area contributed by atoms with Crippen molar-refractivity contribution >= 4 is 11.9 Å². The van der Waals surface area contributed by atoms with Crippen LogP contribution >= 0.6 is 0 Å². The van der Waals surface area contributed by atoms with Crippen LogP contribution in [-0.4, -0.2) is 29.2 Å². The van der Waals surface area contributed by atoms with Crippen LogP contribution in [0.3, 0.4) is 0 Å². The number of ether oxygens (including phenoxy) is 1. The largest absolute Gasteiger partial charge is 0.481 e. The van der Waals surface area contributed by atoms with Gasteiger partial charge in [0.2, 0.25) is 5.91 Å². The van der Waals surface area contributed by atoms with Crippen LogP contribution in [0.25, 0.3) is 0 Å². The number of aliphatic carboxylic acids is 1. The quantitative estimate of drug-likeness (QED) is 0.801. The Balaban J connectivity index is 1.68. The Morgan fingerprint density at radius 3 is 2.40 bits per heavy atom. The Kier molecular flexibility index (Phi) is 3.28. The highest BCUT2D eigenvalue weighted by atomic mass is 16.5. The van der Waals surface area contributed by atoms with Crippen molar-refractivity contribution in [2.45, 2.75) is 18.8 Å². The molecule has 0 spiro atoms. The molecule has 2 aliphatic heterocycles. The summed E-state index contributed by atoms with van der Waals surface area (Å²) < 4.78 is 5.48. The number of amides is 1. The molecule has 0 radical (unpaired) electrons. The average Bonchev–Trinajstić information content (AvgIpc) is 3.06. The summed E-state index contributed by atoms with van der Waals surface area (Å²) in [5, 5.41) is 12.0. The van der Waals surface area contributed by atoms with Gasteiger partial charge in [-0.25, -0.2) is 0 Å². The number of carboxylic acids is 1. The number of carbonyl (C=O) groups excluding carboxylic acids is 1. The van der Waals surface area contributed by atoms with E-state index in [9.17, 15) is 14.7 Å². The van der Waals surface area contributed by atoms with Gasteiger partial charge in [-0.05, 0) is 5.56 Å². The Morgan fingerprint density at radius 2 is 1.75 bits per heavy atom. The van der Waals surface area contributed by atoms with E-state index in [1.165, 1.54) is 0 Å². The van der Waals surface area contributed by atoms with Gasteiger partial charge in [0.25, 0.3) is 0 Å². The molecule has 5 nitrogen and oxygen atoms in total. The summed E-state index contributed by atoms with van der Waals surface area (Å²) in [6, 6.07) is 9.51. The van der Waals surface area contributed by atoms with Crippen molar-refractivity contribution in [1.29, 1.82) is 0 Å². The lowest BCUT2D eigenvalue weighted by molar-refractivity contribution is -0.146. The van der Waals surface area contributed by atoms with E-state index >= 15 is 0 Å². The number of fused-ring (bicyclic) bond motifs is 2. The molecule has 2 bridgehead atoms. The summed E-state index contributed by atoms with van der Waals surface area (Å²) in [5.74, 6) is -2.69. The van der Waals surface area contributed by atoms with Gasteiger partial charge in [-0.3, -0.25) is 9.59 Å². The summed E-state index contributed by atoms with van der Waals surface area (Å²) in [6.07, 6.45) is 2.60. The SMILES string of the molecule is O=C(O)[C@@H]1[C@@H](C(=O)NCc2ccccc2)[C@H]2C=C[C@@H]1O2. The number of rotatable bonds is 4. The van der Waals surface area contributed by atoms with Gasteiger partial charge in [-0.15, -0.1) is 0 Å². The summed E-state index contributed by atoms with van der Waals surface area (Å²) in [6.45, 7) is 0.392. The molecule has 2 aliphatic rings. The minimum absolute atomic E-state index is 0.266. The van der Waals surface area contributed by atoms with E-state index < -0.39 is 30.0 Å². The van der Waals surface area contributed by atoms with Crippen molar-refractivity contribution in [1.82, 2.24) is 5.32 Å². The molecule has 2 heterocycles. The van der Waals surface area contributed by atoms with Crippen molar-refractivity contribution in [3.05, 3.63) is 48.0 Å². The molecule has 104 valence electrons. The van der Waals surface area contributed by atoms with Crippen molar-refractivity contribution in [2.24, 2.45) is 11.8 Å². The highest BCUT2D eigenvalue weighted by molar-refractivity contribution is 5.87. The maximum absolute atomic E-state index is 12.2. The number of hydrogen-bond donors (Lipinski definition) is 2. The van der Waals surface area contributed by atoms with Gasteiger partial charge in [0, 0.05) is 6.54 Å². The zero-order chi connectivity index (χ0) is 14.1. The highest BCUT2D eigenvalue weighted by Gasteiger charge is 2.53. The summed E-state index contributed by atoms with van der Waals surface area (Å²) >= 11 is 0. The lowest BCUT2D eigenvalue weighted by Crippen LogP contribution is -2.42. The topological polar surface area (TPSA) is 75.6 Å². The molecule has 0 aliphatic carbocycles. The molecule has 1 aromatic carbocycles. The zero-order valence-electron chi connectivity index (χ0n) is 10.7. The van der Waals surface area contributed by atoms with Crippen LogP contribution in [0.15, 0.2) is 42.5 Å². The van der Waals surface area contributed by atoms with Gasteiger partial charge < -0.3 is 15.2 Å². The van der Waals surface area contributed by atoms with Gasteiger partial charge in [-0.2, -0.15) is 0 Å². The third-order valence-electron chi connectivity index (χ3n) is 3.80. The number of carboxylic acid groups (broad SMARTS) is 1. The molecule has 3 rings (SSSR count). The fourth-order valence-corrected chi connectivity index (χ4v) is 2.82. The van der Waals surface area contributed by atoms with Gasteiger partial charge in [-0.1, -0.05) is 42.5 Å². The fourth-order valence-electron chi connectivity index (χ4n) is 2.82. The smallest absolute Gasteiger partial charge is 0.310 e. The molecule has 5 heteroatoms. The summed E-state index contributed by atoms with van der Waals surface area (Å²) in [5.41, 5.74) is 0.979. The molecule has 1 aromatic rings. The molecule has 0 aromatic heterocycles. The van der Waals surface area contributed by atoms with E-state index in [2.05, 4.69) is 5.32 Å². The molecule has 1 saturated heterocycles. The van der Waals surface area contributed by atoms with Crippen molar-refractivity contribution in [3.63, 3.8) is 0 Å². The molecular formula is C15H15NO4. The van der Waals surface area contributed by atoms with E-state index in [1.807, 2.05) is 30.3 Å². The van der Waals surface area contributed by atoms with Crippen LogP contribution < -0.4 is 5.32 Å². The maximum atomic E-state index is 12.2.